The van der Waals surface area contributed by atoms with Crippen LogP contribution in [-0.4, -0.2) is 48.1 Å². The van der Waals surface area contributed by atoms with E-state index in [-0.39, 0.29) is 0 Å². The second-order valence-electron chi connectivity index (χ2n) is 6.98. The van der Waals surface area contributed by atoms with Crippen molar-refractivity contribution in [3.05, 3.63) is 23.7 Å². The third-order valence-electron chi connectivity index (χ3n) is 5.14. The molecule has 1 N–H and O–H groups in total. The molecule has 1 aromatic heterocycles. The number of furan rings is 1. The topological polar surface area (TPSA) is 31.7 Å². The summed E-state index contributed by atoms with van der Waals surface area (Å²) in [5.74, 6) is 1.14. The van der Waals surface area contributed by atoms with Gasteiger partial charge in [-0.25, -0.2) is 0 Å². The van der Waals surface area contributed by atoms with Gasteiger partial charge in [-0.3, -0.25) is 9.80 Å². The van der Waals surface area contributed by atoms with Gasteiger partial charge in [0.15, 0.2) is 0 Å². The third-order valence-corrected chi connectivity index (χ3v) is 5.14. The van der Waals surface area contributed by atoms with E-state index in [2.05, 4.69) is 42.1 Å². The van der Waals surface area contributed by atoms with Gasteiger partial charge in [-0.05, 0) is 32.4 Å². The summed E-state index contributed by atoms with van der Waals surface area (Å²) < 4.78 is 5.75. The normalized spacial score (nSPS) is 27.4. The van der Waals surface area contributed by atoms with Crippen LogP contribution in [0.15, 0.2) is 16.7 Å². The van der Waals surface area contributed by atoms with E-state index in [9.17, 15) is 0 Å². The van der Waals surface area contributed by atoms with Gasteiger partial charge in [0.25, 0.3) is 0 Å². The third kappa shape index (κ3) is 3.50. The predicted molar refractivity (Wildman–Crippen MR) is 85.2 cm³/mol. The lowest BCUT2D eigenvalue weighted by Crippen LogP contribution is -2.36. The standard InChI is InChI=1S/C17H29N3O/c1-13(2)18-10-14-7-9-21-17(14)12-20-8-6-15-4-5-16(11-20)19(15)3/h7,9,13,15-16,18H,4-6,8,10-12H2,1-3H3. The lowest BCUT2D eigenvalue weighted by atomic mass is 10.1. The van der Waals surface area contributed by atoms with Gasteiger partial charge in [-0.1, -0.05) is 13.8 Å². The van der Waals surface area contributed by atoms with Crippen LogP contribution in [0.2, 0.25) is 0 Å². The minimum Gasteiger partial charge on any atom is -0.468 e. The summed E-state index contributed by atoms with van der Waals surface area (Å²) in [6.07, 6.45) is 5.88. The Morgan fingerprint density at radius 3 is 2.90 bits per heavy atom. The maximum atomic E-state index is 5.75. The molecule has 0 spiro atoms. The average Bonchev–Trinajstić information content (AvgIpc) is 2.96. The Kier molecular flexibility index (Phi) is 4.67. The van der Waals surface area contributed by atoms with Gasteiger partial charge in [-0.2, -0.15) is 0 Å². The van der Waals surface area contributed by atoms with E-state index in [4.69, 9.17) is 4.42 Å². The van der Waals surface area contributed by atoms with Gasteiger partial charge in [-0.15, -0.1) is 0 Å². The molecule has 3 heterocycles. The first kappa shape index (κ1) is 15.1. The number of rotatable bonds is 5. The van der Waals surface area contributed by atoms with Crippen molar-refractivity contribution in [3.63, 3.8) is 0 Å². The Balaban J connectivity index is 1.60. The van der Waals surface area contributed by atoms with E-state index < -0.39 is 0 Å². The second kappa shape index (κ2) is 6.51. The summed E-state index contributed by atoms with van der Waals surface area (Å²) >= 11 is 0. The van der Waals surface area contributed by atoms with Crippen molar-refractivity contribution in [3.8, 4) is 0 Å². The van der Waals surface area contributed by atoms with E-state index in [1.165, 1.54) is 37.9 Å². The van der Waals surface area contributed by atoms with Crippen molar-refractivity contribution in [1.29, 1.82) is 0 Å². The van der Waals surface area contributed by atoms with Crippen LogP contribution in [0.25, 0.3) is 0 Å². The van der Waals surface area contributed by atoms with Crippen LogP contribution < -0.4 is 5.32 Å². The Hall–Kier alpha value is -0.840. The van der Waals surface area contributed by atoms with Crippen LogP contribution in [0.1, 0.15) is 44.4 Å². The molecule has 0 amide bonds. The smallest absolute Gasteiger partial charge is 0.122 e. The molecular formula is C17H29N3O. The van der Waals surface area contributed by atoms with Crippen molar-refractivity contribution in [1.82, 2.24) is 15.1 Å². The molecule has 4 nitrogen and oxygen atoms in total. The maximum Gasteiger partial charge on any atom is 0.122 e. The highest BCUT2D eigenvalue weighted by molar-refractivity contribution is 5.17. The van der Waals surface area contributed by atoms with Gasteiger partial charge in [0, 0.05) is 43.3 Å². The fourth-order valence-electron chi connectivity index (χ4n) is 3.70. The first-order valence-corrected chi connectivity index (χ1v) is 8.36. The number of likely N-dealkylation sites (N-methyl/N-ethyl adjacent to an activating group) is 1. The molecule has 2 atom stereocenters. The summed E-state index contributed by atoms with van der Waals surface area (Å²) in [5.41, 5.74) is 1.31. The molecule has 1 aromatic rings. The quantitative estimate of drug-likeness (QED) is 0.903. The van der Waals surface area contributed by atoms with Crippen molar-refractivity contribution in [2.24, 2.45) is 0 Å². The van der Waals surface area contributed by atoms with Crippen LogP contribution in [0.4, 0.5) is 0 Å². The largest absolute Gasteiger partial charge is 0.468 e. The van der Waals surface area contributed by atoms with E-state index in [1.54, 1.807) is 0 Å². The first-order chi connectivity index (χ1) is 10.1. The summed E-state index contributed by atoms with van der Waals surface area (Å²) in [7, 11) is 2.30. The molecule has 2 unspecified atom stereocenters. The Bertz CT molecular complexity index is 457. The molecule has 3 rings (SSSR count). The summed E-state index contributed by atoms with van der Waals surface area (Å²) in [5, 5.41) is 3.49. The van der Waals surface area contributed by atoms with Gasteiger partial charge in [0.2, 0.25) is 0 Å². The maximum absolute atomic E-state index is 5.75. The highest BCUT2D eigenvalue weighted by Gasteiger charge is 2.34. The summed E-state index contributed by atoms with van der Waals surface area (Å²) in [6, 6.07) is 4.17. The van der Waals surface area contributed by atoms with Crippen LogP contribution in [-0.2, 0) is 13.1 Å². The molecule has 2 aliphatic rings. The molecule has 0 aromatic carbocycles. The van der Waals surface area contributed by atoms with Gasteiger partial charge in [0.05, 0.1) is 12.8 Å². The van der Waals surface area contributed by atoms with Gasteiger partial charge < -0.3 is 9.73 Å². The molecule has 21 heavy (non-hydrogen) atoms. The van der Waals surface area contributed by atoms with Gasteiger partial charge >= 0.3 is 0 Å². The molecule has 0 radical (unpaired) electrons. The van der Waals surface area contributed by atoms with Crippen molar-refractivity contribution in [2.45, 2.75) is 64.3 Å². The Morgan fingerprint density at radius 2 is 2.10 bits per heavy atom. The van der Waals surface area contributed by atoms with Crippen LogP contribution in [0.3, 0.4) is 0 Å². The molecule has 0 saturated carbocycles. The molecule has 4 heteroatoms. The summed E-state index contributed by atoms with van der Waals surface area (Å²) in [6.45, 7) is 8.61. The first-order valence-electron chi connectivity index (χ1n) is 8.36. The lowest BCUT2D eigenvalue weighted by molar-refractivity contribution is 0.204. The fourth-order valence-corrected chi connectivity index (χ4v) is 3.70. The zero-order chi connectivity index (χ0) is 14.8. The van der Waals surface area contributed by atoms with Crippen LogP contribution in [0, 0.1) is 0 Å². The number of fused-ring (bicyclic) bond motifs is 2. The minimum atomic E-state index is 0.510. The number of hydrogen-bond donors (Lipinski definition) is 1. The van der Waals surface area contributed by atoms with E-state index in [1.807, 2.05) is 6.26 Å². The van der Waals surface area contributed by atoms with Crippen molar-refractivity contribution in [2.75, 3.05) is 20.1 Å². The minimum absolute atomic E-state index is 0.510. The summed E-state index contributed by atoms with van der Waals surface area (Å²) in [4.78, 5) is 5.18. The van der Waals surface area contributed by atoms with E-state index in [0.29, 0.717) is 6.04 Å². The molecule has 2 fully saturated rings. The molecule has 118 valence electrons. The molecular weight excluding hydrogens is 262 g/mol. The highest BCUT2D eigenvalue weighted by atomic mass is 16.3. The number of nitrogens with one attached hydrogen (secondary N) is 1. The highest BCUT2D eigenvalue weighted by Crippen LogP contribution is 2.29. The lowest BCUT2D eigenvalue weighted by Gasteiger charge is -2.25. The molecule has 2 bridgehead atoms. The zero-order valence-corrected chi connectivity index (χ0v) is 13.6. The van der Waals surface area contributed by atoms with Crippen molar-refractivity contribution < 1.29 is 4.42 Å². The number of likely N-dealkylation sites (tertiary alicyclic amines) is 1. The zero-order valence-electron chi connectivity index (χ0n) is 13.6. The van der Waals surface area contributed by atoms with Gasteiger partial charge in [0.1, 0.15) is 5.76 Å². The molecule has 2 aliphatic heterocycles. The van der Waals surface area contributed by atoms with E-state index in [0.717, 1.165) is 30.9 Å². The average molecular weight is 291 g/mol. The number of hydrogen-bond acceptors (Lipinski definition) is 4. The number of nitrogens with zero attached hydrogens (tertiary/aromatic N) is 2. The van der Waals surface area contributed by atoms with Crippen LogP contribution in [0.5, 0.6) is 0 Å². The van der Waals surface area contributed by atoms with Crippen LogP contribution >= 0.6 is 0 Å². The second-order valence-corrected chi connectivity index (χ2v) is 6.98. The predicted octanol–water partition coefficient (Wildman–Crippen LogP) is 2.45. The Morgan fingerprint density at radius 1 is 1.29 bits per heavy atom. The monoisotopic (exact) mass is 291 g/mol. The van der Waals surface area contributed by atoms with E-state index >= 15 is 0 Å². The Labute approximate surface area is 128 Å². The fraction of sp³-hybridized carbons (Fsp3) is 0.765. The molecule has 2 saturated heterocycles. The molecule has 0 aliphatic carbocycles. The van der Waals surface area contributed by atoms with Crippen molar-refractivity contribution >= 4 is 0 Å². The SMILES string of the molecule is CC(C)NCc1ccoc1CN1CCC2CCC(C1)N2C.